The number of carboxylic acids is 1. The normalized spacial score (nSPS) is 17.5. The Bertz CT molecular complexity index is 428. The van der Waals surface area contributed by atoms with Gasteiger partial charge in [-0.25, -0.2) is 4.79 Å². The fraction of sp³-hybridized carbons (Fsp3) is 0.533. The van der Waals surface area contributed by atoms with Gasteiger partial charge in [-0.3, -0.25) is 4.90 Å². The monoisotopic (exact) mass is 262 g/mol. The van der Waals surface area contributed by atoms with E-state index in [-0.39, 0.29) is 0 Å². The Morgan fingerprint density at radius 2 is 2.05 bits per heavy atom. The van der Waals surface area contributed by atoms with Gasteiger partial charge < -0.3 is 10.4 Å². The van der Waals surface area contributed by atoms with Gasteiger partial charge in [0, 0.05) is 19.1 Å². The lowest BCUT2D eigenvalue weighted by Crippen LogP contribution is -2.38. The highest BCUT2D eigenvalue weighted by Gasteiger charge is 2.17. The fourth-order valence-corrected chi connectivity index (χ4v) is 2.61. The summed E-state index contributed by atoms with van der Waals surface area (Å²) in [6.07, 6.45) is 2.60. The van der Waals surface area contributed by atoms with E-state index in [9.17, 15) is 4.79 Å². The van der Waals surface area contributed by atoms with Crippen molar-refractivity contribution in [2.75, 3.05) is 19.6 Å². The summed E-state index contributed by atoms with van der Waals surface area (Å²) < 4.78 is 0. The summed E-state index contributed by atoms with van der Waals surface area (Å²) >= 11 is 0. The van der Waals surface area contributed by atoms with Crippen molar-refractivity contribution in [1.29, 1.82) is 0 Å². The number of nitrogens with one attached hydrogen (secondary N) is 1. The first-order valence-electron chi connectivity index (χ1n) is 6.94. The zero-order valence-electron chi connectivity index (χ0n) is 11.4. The molecule has 0 saturated carbocycles. The van der Waals surface area contributed by atoms with Gasteiger partial charge in [0.05, 0.1) is 5.56 Å². The minimum absolute atomic E-state index is 0.392. The second-order valence-electron chi connectivity index (χ2n) is 5.19. The van der Waals surface area contributed by atoms with Crippen LogP contribution >= 0.6 is 0 Å². The number of benzene rings is 1. The van der Waals surface area contributed by atoms with Gasteiger partial charge in [-0.1, -0.05) is 18.2 Å². The highest BCUT2D eigenvalue weighted by molar-refractivity contribution is 5.89. The average molecular weight is 262 g/mol. The van der Waals surface area contributed by atoms with Crippen molar-refractivity contribution in [3.63, 3.8) is 0 Å². The lowest BCUT2D eigenvalue weighted by molar-refractivity contribution is 0.0695. The maximum atomic E-state index is 11.1. The van der Waals surface area contributed by atoms with E-state index in [0.717, 1.165) is 12.1 Å². The third kappa shape index (κ3) is 3.78. The summed E-state index contributed by atoms with van der Waals surface area (Å²) in [5.41, 5.74) is 1.24. The van der Waals surface area contributed by atoms with Crippen LogP contribution in [0.1, 0.15) is 35.7 Å². The number of nitrogens with zero attached hydrogens (tertiary/aromatic N) is 1. The van der Waals surface area contributed by atoms with Crippen molar-refractivity contribution in [2.24, 2.45) is 0 Å². The Labute approximate surface area is 114 Å². The number of likely N-dealkylation sites (tertiary alicyclic amines) is 1. The van der Waals surface area contributed by atoms with E-state index < -0.39 is 5.97 Å². The van der Waals surface area contributed by atoms with Crippen LogP contribution in [-0.2, 0) is 6.54 Å². The molecule has 0 aliphatic carbocycles. The molecule has 1 aliphatic rings. The van der Waals surface area contributed by atoms with Crippen LogP contribution in [0.2, 0.25) is 0 Å². The number of aromatic carboxylic acids is 1. The second-order valence-corrected chi connectivity index (χ2v) is 5.19. The number of carboxylic acid groups (broad SMARTS) is 1. The zero-order chi connectivity index (χ0) is 13.7. The molecule has 1 fully saturated rings. The zero-order valence-corrected chi connectivity index (χ0v) is 11.4. The Hall–Kier alpha value is -1.39. The minimum Gasteiger partial charge on any atom is -0.478 e. The quantitative estimate of drug-likeness (QED) is 0.823. The van der Waals surface area contributed by atoms with Crippen LogP contribution in [0, 0.1) is 0 Å². The smallest absolute Gasteiger partial charge is 0.336 e. The molecule has 0 radical (unpaired) electrons. The van der Waals surface area contributed by atoms with Crippen LogP contribution in [0.5, 0.6) is 0 Å². The van der Waals surface area contributed by atoms with Gasteiger partial charge >= 0.3 is 5.97 Å². The van der Waals surface area contributed by atoms with Gasteiger partial charge in [0.2, 0.25) is 0 Å². The van der Waals surface area contributed by atoms with Gasteiger partial charge in [-0.15, -0.1) is 0 Å². The number of carbonyl (C=O) groups is 1. The molecule has 1 atom stereocenters. The molecule has 0 spiro atoms. The third-order valence-corrected chi connectivity index (χ3v) is 3.77. The van der Waals surface area contributed by atoms with Gasteiger partial charge in [0.15, 0.2) is 0 Å². The average Bonchev–Trinajstić information content (AvgIpc) is 2.93. The first kappa shape index (κ1) is 14.0. The molecule has 0 aromatic heterocycles. The molecule has 1 unspecified atom stereocenters. The minimum atomic E-state index is -0.856. The summed E-state index contributed by atoms with van der Waals surface area (Å²) in [6, 6.07) is 7.69. The van der Waals surface area contributed by atoms with Crippen molar-refractivity contribution in [2.45, 2.75) is 32.4 Å². The molecule has 2 rings (SSSR count). The molecule has 1 aromatic carbocycles. The van der Waals surface area contributed by atoms with E-state index in [1.54, 1.807) is 12.1 Å². The van der Waals surface area contributed by atoms with Crippen LogP contribution < -0.4 is 5.32 Å². The van der Waals surface area contributed by atoms with Crippen molar-refractivity contribution < 1.29 is 9.90 Å². The highest BCUT2D eigenvalue weighted by atomic mass is 16.4. The molecule has 2 N–H and O–H groups in total. The Balaban J connectivity index is 1.83. The van der Waals surface area contributed by atoms with Crippen LogP contribution in [-0.4, -0.2) is 41.7 Å². The Morgan fingerprint density at radius 1 is 1.37 bits per heavy atom. The summed E-state index contributed by atoms with van der Waals surface area (Å²) in [7, 11) is 0. The van der Waals surface area contributed by atoms with Crippen molar-refractivity contribution in [3.05, 3.63) is 35.4 Å². The van der Waals surface area contributed by atoms with Crippen LogP contribution in [0.3, 0.4) is 0 Å². The molecule has 104 valence electrons. The number of rotatable bonds is 6. The molecule has 4 nitrogen and oxygen atoms in total. The summed E-state index contributed by atoms with van der Waals surface area (Å²) in [5, 5.41) is 12.5. The van der Waals surface area contributed by atoms with Crippen LogP contribution in [0.15, 0.2) is 24.3 Å². The van der Waals surface area contributed by atoms with Crippen molar-refractivity contribution in [1.82, 2.24) is 10.2 Å². The molecule has 0 amide bonds. The Kier molecular flexibility index (Phi) is 4.93. The van der Waals surface area contributed by atoms with E-state index in [0.29, 0.717) is 18.2 Å². The molecule has 19 heavy (non-hydrogen) atoms. The summed E-state index contributed by atoms with van der Waals surface area (Å²) in [5.74, 6) is -0.856. The largest absolute Gasteiger partial charge is 0.478 e. The van der Waals surface area contributed by atoms with E-state index in [4.69, 9.17) is 5.11 Å². The van der Waals surface area contributed by atoms with Crippen molar-refractivity contribution >= 4 is 5.97 Å². The maximum absolute atomic E-state index is 11.1. The molecule has 1 aromatic rings. The lowest BCUT2D eigenvalue weighted by atomic mass is 10.1. The fourth-order valence-electron chi connectivity index (χ4n) is 2.61. The van der Waals surface area contributed by atoms with E-state index >= 15 is 0 Å². The maximum Gasteiger partial charge on any atom is 0.336 e. The first-order valence-corrected chi connectivity index (χ1v) is 6.94. The third-order valence-electron chi connectivity index (χ3n) is 3.77. The molecule has 1 heterocycles. The predicted octanol–water partition coefficient (Wildman–Crippen LogP) is 1.96. The molecule has 1 aliphatic heterocycles. The molecule has 1 saturated heterocycles. The summed E-state index contributed by atoms with van der Waals surface area (Å²) in [4.78, 5) is 13.6. The van der Waals surface area contributed by atoms with Gasteiger partial charge in [-0.2, -0.15) is 0 Å². The highest BCUT2D eigenvalue weighted by Crippen LogP contribution is 2.12. The summed E-state index contributed by atoms with van der Waals surface area (Å²) in [6.45, 7) is 6.11. The van der Waals surface area contributed by atoms with Crippen molar-refractivity contribution in [3.8, 4) is 0 Å². The lowest BCUT2D eigenvalue weighted by Gasteiger charge is -2.24. The topological polar surface area (TPSA) is 52.6 Å². The van der Waals surface area contributed by atoms with Crippen LogP contribution in [0.25, 0.3) is 0 Å². The van der Waals surface area contributed by atoms with E-state index in [1.807, 2.05) is 12.1 Å². The SMILES string of the molecule is CC(CNCc1ccccc1C(=O)O)N1CCCC1. The van der Waals surface area contributed by atoms with E-state index in [2.05, 4.69) is 17.1 Å². The molecule has 0 bridgehead atoms. The van der Waals surface area contributed by atoms with Gasteiger partial charge in [-0.05, 0) is 44.5 Å². The van der Waals surface area contributed by atoms with Gasteiger partial charge in [0.1, 0.15) is 0 Å². The predicted molar refractivity (Wildman–Crippen MR) is 75.4 cm³/mol. The Morgan fingerprint density at radius 3 is 2.74 bits per heavy atom. The standard InChI is InChI=1S/C15H22N2O2/c1-12(17-8-4-5-9-17)10-16-11-13-6-2-3-7-14(13)15(18)19/h2-3,6-7,12,16H,4-5,8-11H2,1H3,(H,18,19). The van der Waals surface area contributed by atoms with Crippen LogP contribution in [0.4, 0.5) is 0 Å². The molecular weight excluding hydrogens is 240 g/mol. The van der Waals surface area contributed by atoms with Gasteiger partial charge in [0.25, 0.3) is 0 Å². The first-order chi connectivity index (χ1) is 9.18. The molecular formula is C15H22N2O2. The molecule has 4 heteroatoms. The number of hydrogen-bond donors (Lipinski definition) is 2. The van der Waals surface area contributed by atoms with E-state index in [1.165, 1.54) is 25.9 Å². The second kappa shape index (κ2) is 6.68. The number of hydrogen-bond acceptors (Lipinski definition) is 3.